The second kappa shape index (κ2) is 17.3. The summed E-state index contributed by atoms with van der Waals surface area (Å²) in [5.41, 5.74) is 5.24. The molecule has 0 radical (unpaired) electrons. The molecule has 4 aliphatic rings. The van der Waals surface area contributed by atoms with E-state index in [0.717, 1.165) is 30.4 Å². The third-order valence-electron chi connectivity index (χ3n) is 11.0. The lowest BCUT2D eigenvalue weighted by atomic mass is 9.99. The molecule has 0 amide bonds. The summed E-state index contributed by atoms with van der Waals surface area (Å²) in [6.07, 6.45) is 14.4. The molecule has 3 atom stereocenters. The number of hydrogen-bond acceptors (Lipinski definition) is 8. The normalized spacial score (nSPS) is 20.7. The van der Waals surface area contributed by atoms with Gasteiger partial charge >= 0.3 is 0 Å². The van der Waals surface area contributed by atoms with Crippen LogP contribution in [0.15, 0.2) is 114 Å². The largest absolute Gasteiger partial charge is 0.612 e. The third kappa shape index (κ3) is 8.61. The Labute approximate surface area is 322 Å². The van der Waals surface area contributed by atoms with Gasteiger partial charge in [-0.05, 0) is 138 Å². The van der Waals surface area contributed by atoms with Crippen molar-refractivity contribution in [3.8, 4) is 0 Å². The molecule has 0 aromatic heterocycles. The molecule has 4 aromatic rings. The van der Waals surface area contributed by atoms with Crippen LogP contribution in [0.5, 0.6) is 0 Å². The third-order valence-corrected chi connectivity index (χ3v) is 14.9. The van der Waals surface area contributed by atoms with E-state index in [0.29, 0.717) is 6.04 Å². The van der Waals surface area contributed by atoms with Gasteiger partial charge in [0, 0.05) is 55.7 Å². The summed E-state index contributed by atoms with van der Waals surface area (Å²) in [7, 11) is 4.56. The van der Waals surface area contributed by atoms with E-state index < -0.39 is 11.2 Å². The van der Waals surface area contributed by atoms with Crippen molar-refractivity contribution in [2.24, 2.45) is 0 Å². The maximum atomic E-state index is 12.0. The van der Waals surface area contributed by atoms with E-state index >= 15 is 0 Å². The van der Waals surface area contributed by atoms with Crippen molar-refractivity contribution in [2.45, 2.75) is 92.8 Å². The van der Waals surface area contributed by atoms with Crippen molar-refractivity contribution in [1.29, 1.82) is 0 Å². The van der Waals surface area contributed by atoms with Crippen LogP contribution in [0.1, 0.15) is 51.4 Å². The fourth-order valence-electron chi connectivity index (χ4n) is 7.98. The van der Waals surface area contributed by atoms with Gasteiger partial charge < -0.3 is 24.2 Å². The summed E-state index contributed by atoms with van der Waals surface area (Å²) >= 11 is 4.59. The second-order valence-corrected chi connectivity index (χ2v) is 18.6. The minimum Gasteiger partial charge on any atom is -0.612 e. The SMILES string of the molecule is CN1CCCCC1CCN1c2ccccc2Sc2ccc([S+](C)[O-])cc21.CSc1ccc2c(c1)N(CCC1CCCCN1C)c1ccccc1S2. The molecule has 9 heteroatoms. The van der Waals surface area contributed by atoms with Crippen LogP contribution >= 0.6 is 35.3 Å². The first-order chi connectivity index (χ1) is 24.9. The molecule has 4 aliphatic heterocycles. The maximum Gasteiger partial charge on any atom is 0.154 e. The number of thioether (sulfide) groups is 1. The Bertz CT molecular complexity index is 1790. The van der Waals surface area contributed by atoms with Gasteiger partial charge in [0.05, 0.1) is 22.7 Å². The van der Waals surface area contributed by atoms with Crippen LogP contribution < -0.4 is 9.80 Å². The zero-order valence-electron chi connectivity index (χ0n) is 30.6. The number of nitrogens with zero attached hydrogens (tertiary/aromatic N) is 4. The summed E-state index contributed by atoms with van der Waals surface area (Å²) in [6, 6.07) is 32.1. The highest BCUT2D eigenvalue weighted by Crippen LogP contribution is 2.50. The smallest absolute Gasteiger partial charge is 0.154 e. The molecule has 0 spiro atoms. The van der Waals surface area contributed by atoms with Gasteiger partial charge in [0.2, 0.25) is 0 Å². The predicted molar refractivity (Wildman–Crippen MR) is 222 cm³/mol. The lowest BCUT2D eigenvalue weighted by molar-refractivity contribution is 0.178. The summed E-state index contributed by atoms with van der Waals surface area (Å²) in [6.45, 7) is 4.56. The molecule has 2 fully saturated rings. The quantitative estimate of drug-likeness (QED) is 0.130. The number of benzene rings is 4. The number of anilines is 4. The monoisotopic (exact) mass is 756 g/mol. The molecule has 0 N–H and O–H groups in total. The molecule has 0 saturated carbocycles. The van der Waals surface area contributed by atoms with E-state index in [1.54, 1.807) is 6.26 Å². The van der Waals surface area contributed by atoms with Crippen molar-refractivity contribution in [1.82, 2.24) is 9.80 Å². The number of hydrogen-bond donors (Lipinski definition) is 0. The van der Waals surface area contributed by atoms with E-state index in [4.69, 9.17) is 0 Å². The average Bonchev–Trinajstić information content (AvgIpc) is 3.16. The van der Waals surface area contributed by atoms with Crippen molar-refractivity contribution in [3.05, 3.63) is 84.9 Å². The second-order valence-electron chi connectivity index (χ2n) is 14.2. The molecule has 0 bridgehead atoms. The van der Waals surface area contributed by atoms with Crippen LogP contribution in [0.3, 0.4) is 0 Å². The van der Waals surface area contributed by atoms with E-state index in [1.807, 2.05) is 41.4 Å². The van der Waals surface area contributed by atoms with Gasteiger partial charge in [-0.1, -0.05) is 60.6 Å². The molecular formula is C42H52N4OS4. The first-order valence-corrected chi connectivity index (χ1v) is 23.0. The first-order valence-electron chi connectivity index (χ1n) is 18.5. The average molecular weight is 757 g/mol. The van der Waals surface area contributed by atoms with Crippen molar-refractivity contribution in [3.63, 3.8) is 0 Å². The van der Waals surface area contributed by atoms with E-state index in [2.05, 4.69) is 119 Å². The van der Waals surface area contributed by atoms with Gasteiger partial charge in [-0.15, -0.1) is 11.8 Å². The van der Waals surface area contributed by atoms with Gasteiger partial charge in [-0.25, -0.2) is 0 Å². The van der Waals surface area contributed by atoms with Gasteiger partial charge in [-0.2, -0.15) is 0 Å². The van der Waals surface area contributed by atoms with Gasteiger partial charge in [0.1, 0.15) is 6.26 Å². The molecule has 4 heterocycles. The molecule has 8 rings (SSSR count). The van der Waals surface area contributed by atoms with E-state index in [-0.39, 0.29) is 0 Å². The Morgan fingerprint density at radius 3 is 1.65 bits per heavy atom. The summed E-state index contributed by atoms with van der Waals surface area (Å²) in [4.78, 5) is 17.7. The highest BCUT2D eigenvalue weighted by Gasteiger charge is 2.28. The van der Waals surface area contributed by atoms with Crippen molar-refractivity contribution >= 4 is 69.2 Å². The highest BCUT2D eigenvalue weighted by atomic mass is 32.2. The summed E-state index contributed by atoms with van der Waals surface area (Å²) in [5, 5.41) is 0. The van der Waals surface area contributed by atoms with Gasteiger partial charge in [-0.3, -0.25) is 0 Å². The highest BCUT2D eigenvalue weighted by molar-refractivity contribution is 8.00. The van der Waals surface area contributed by atoms with Crippen LogP contribution in [-0.4, -0.2) is 79.2 Å². The number of rotatable bonds is 8. The van der Waals surface area contributed by atoms with Crippen LogP contribution in [0.2, 0.25) is 0 Å². The minimum absolute atomic E-state index is 0.664. The Morgan fingerprint density at radius 2 is 1.14 bits per heavy atom. The number of fused-ring (bicyclic) bond motifs is 4. The fraction of sp³-hybridized carbons (Fsp3) is 0.429. The fourth-order valence-corrected chi connectivity index (χ4v) is 11.1. The van der Waals surface area contributed by atoms with Crippen molar-refractivity contribution in [2.75, 3.05) is 62.6 Å². The van der Waals surface area contributed by atoms with E-state index in [9.17, 15) is 4.55 Å². The predicted octanol–water partition coefficient (Wildman–Crippen LogP) is 10.8. The van der Waals surface area contributed by atoms with Crippen LogP contribution in [0.25, 0.3) is 0 Å². The van der Waals surface area contributed by atoms with Gasteiger partial charge in [0.25, 0.3) is 0 Å². The number of para-hydroxylation sites is 2. The Hall–Kier alpha value is -2.24. The molecule has 270 valence electrons. The Balaban J connectivity index is 0.000000159. The molecule has 2 saturated heterocycles. The standard InChI is InChI=1S/C21H26N2OS2.C21H26N2S2/c1-22-13-6-5-7-16(22)12-14-23-18-8-3-4-9-20(18)25-21-11-10-17(26(2)24)15-19(21)23;1-22-13-6-5-7-16(22)12-14-23-18-8-3-4-9-20(18)25-21-11-10-17(24-2)15-19(21)23/h3-4,8-11,15-16H,5-7,12-14H2,1-2H3;3-4,8-11,15-16H,5-7,12-14H2,1-2H3. The number of likely N-dealkylation sites (tertiary alicyclic amines) is 2. The van der Waals surface area contributed by atoms with Crippen LogP contribution in [0.4, 0.5) is 22.7 Å². The molecule has 51 heavy (non-hydrogen) atoms. The summed E-state index contributed by atoms with van der Waals surface area (Å²) < 4.78 is 12.0. The topological polar surface area (TPSA) is 36.0 Å². The molecule has 4 aromatic carbocycles. The lowest BCUT2D eigenvalue weighted by Gasteiger charge is -2.37. The number of piperidine rings is 2. The van der Waals surface area contributed by atoms with Gasteiger partial charge in [0.15, 0.2) is 4.90 Å². The zero-order chi connectivity index (χ0) is 35.3. The maximum absolute atomic E-state index is 12.0. The first kappa shape index (κ1) is 37.1. The lowest BCUT2D eigenvalue weighted by Crippen LogP contribution is -2.38. The Kier molecular flexibility index (Phi) is 12.6. The van der Waals surface area contributed by atoms with Crippen molar-refractivity contribution < 1.29 is 4.55 Å². The minimum atomic E-state index is -0.958. The Morgan fingerprint density at radius 1 is 0.647 bits per heavy atom. The van der Waals surface area contributed by atoms with Crippen LogP contribution in [0, 0.1) is 0 Å². The molecular weight excluding hydrogens is 705 g/mol. The van der Waals surface area contributed by atoms with Crippen LogP contribution in [-0.2, 0) is 11.2 Å². The zero-order valence-corrected chi connectivity index (χ0v) is 33.8. The van der Waals surface area contributed by atoms with E-state index in [1.165, 1.54) is 105 Å². The summed E-state index contributed by atoms with van der Waals surface area (Å²) in [5.74, 6) is 0. The molecule has 0 aliphatic carbocycles. The molecule has 3 unspecified atom stereocenters. The molecule has 5 nitrogen and oxygen atoms in total.